The second-order valence-corrected chi connectivity index (χ2v) is 17.2. The molecule has 622 valence electrons. The molecule has 0 radical (unpaired) electrons. The fourth-order valence-corrected chi connectivity index (χ4v) is 3.07. The quantitative estimate of drug-likeness (QED) is 0.117. The van der Waals surface area contributed by atoms with Crippen molar-refractivity contribution in [1.29, 1.82) is 0 Å². The van der Waals surface area contributed by atoms with Gasteiger partial charge < -0.3 is 128 Å². The number of carbonyl (C=O) groups is 13. The second-order valence-electron chi connectivity index (χ2n) is 17.2. The lowest BCUT2D eigenvalue weighted by Gasteiger charge is -2.24. The molecule has 1 aliphatic heterocycles. The van der Waals surface area contributed by atoms with Crippen molar-refractivity contribution in [2.24, 2.45) is 64.0 Å². The number of benzene rings is 2. The van der Waals surface area contributed by atoms with Crippen LogP contribution >= 0.6 is 0 Å². The molecular formula is C74H183N13O13. The molecule has 0 aliphatic carbocycles. The van der Waals surface area contributed by atoms with Crippen LogP contribution in [0.1, 0.15) is 228 Å². The van der Waals surface area contributed by atoms with E-state index in [1.807, 2.05) is 126 Å². The van der Waals surface area contributed by atoms with Crippen LogP contribution in [-0.2, 0) is 75.2 Å². The molecule has 0 spiro atoms. The largest absolute Gasteiger partial charge is 0.349 e. The summed E-state index contributed by atoms with van der Waals surface area (Å²) in [5.41, 5.74) is 29.8. The van der Waals surface area contributed by atoms with Gasteiger partial charge in [-0.2, -0.15) is 0 Å². The van der Waals surface area contributed by atoms with Crippen molar-refractivity contribution < 1.29 is 62.3 Å². The minimum atomic E-state index is 0. The van der Waals surface area contributed by atoms with Gasteiger partial charge in [-0.25, -0.2) is 0 Å². The standard InChI is InChI=1S/2C8H10.C7H13NO.C6H13NO.4C5H12.C4H10.2C2H6.6CH5N.11CH2O.5H3N/c2*1-2-8-6-4-3-5-7-8;1-7(9)8-5-3-2-4-6-8;1-4-5-6(8)7(2)3;4*1-4-5(2)3;1-4(2)3;19*1-2;;;;;/h2*3-7H,2H2,1H3;2-6H2,1H3;4-5H2,1-3H3;4*5H,4H2,1-3H3;4H,1-3H3;2*1-2H3;6*2H2,1H3;11*1H2;5*1H3. The van der Waals surface area contributed by atoms with E-state index in [2.05, 4.69) is 201 Å². The third kappa shape index (κ3) is 458. The summed E-state index contributed by atoms with van der Waals surface area (Å²) in [6, 6.07) is 20.9. The van der Waals surface area contributed by atoms with Gasteiger partial charge >= 0.3 is 0 Å². The molecule has 2 amide bonds. The molecule has 1 saturated heterocycles. The smallest absolute Gasteiger partial charge is 0.222 e. The van der Waals surface area contributed by atoms with E-state index in [0.717, 1.165) is 61.9 Å². The van der Waals surface area contributed by atoms with Crippen molar-refractivity contribution in [3.8, 4) is 0 Å². The molecule has 0 bridgehead atoms. The van der Waals surface area contributed by atoms with E-state index in [0.29, 0.717) is 6.42 Å². The first kappa shape index (κ1) is 198. The van der Waals surface area contributed by atoms with Gasteiger partial charge in [0.15, 0.2) is 0 Å². The molecule has 3 rings (SSSR count). The lowest BCUT2D eigenvalue weighted by Crippen LogP contribution is -2.33. The fourth-order valence-electron chi connectivity index (χ4n) is 3.07. The number of likely N-dealkylation sites (tertiary alicyclic amines) is 1. The van der Waals surface area contributed by atoms with Crippen molar-refractivity contribution in [2.75, 3.05) is 69.5 Å². The molecule has 2 aromatic rings. The highest BCUT2D eigenvalue weighted by atomic mass is 16.2. The number of hydrogen-bond acceptors (Lipinski definition) is 24. The average Bonchev–Trinajstić information content (AvgIpc) is 3.73. The number of carbonyl (C=O) groups excluding carboxylic acids is 13. The SMILES string of the molecule is C=O.C=O.C=O.C=O.C=O.C=O.C=O.C=O.C=O.C=O.C=O.CC.CC.CC(=O)N1CCCCC1.CC(C)C.CCC(C)C.CCC(C)C.CCC(C)C.CCC(C)C.CCCC(=O)N(C)C.CCc1ccccc1.CCc1ccccc1.CN.CN.CN.CN.CN.CN.N.N.N.N.N. The van der Waals surface area contributed by atoms with Crippen LogP contribution in [0.15, 0.2) is 60.7 Å². The van der Waals surface area contributed by atoms with Crippen LogP contribution in [0.25, 0.3) is 0 Å². The Hall–Kier alpha value is -6.69. The molecule has 1 fully saturated rings. The van der Waals surface area contributed by atoms with Gasteiger partial charge in [0.25, 0.3) is 0 Å². The van der Waals surface area contributed by atoms with Gasteiger partial charge in [-0.1, -0.05) is 239 Å². The molecule has 2 aromatic carbocycles. The molecule has 1 heterocycles. The predicted molar refractivity (Wildman–Crippen MR) is 449 cm³/mol. The van der Waals surface area contributed by atoms with Crippen molar-refractivity contribution in [3.63, 3.8) is 0 Å². The van der Waals surface area contributed by atoms with Gasteiger partial charge in [0.2, 0.25) is 11.8 Å². The maximum atomic E-state index is 10.7. The number of rotatable bonds is 8. The lowest BCUT2D eigenvalue weighted by molar-refractivity contribution is -0.130. The number of aryl methyl sites for hydroxylation is 2. The van der Waals surface area contributed by atoms with Crippen molar-refractivity contribution in [3.05, 3.63) is 71.8 Å². The Morgan fingerprint density at radius 3 is 0.580 bits per heavy atom. The summed E-state index contributed by atoms with van der Waals surface area (Å²) in [6.07, 6.45) is 12.8. The number of hydrogen-bond donors (Lipinski definition) is 11. The van der Waals surface area contributed by atoms with E-state index in [-0.39, 0.29) is 42.6 Å². The van der Waals surface area contributed by atoms with Crippen molar-refractivity contribution >= 4 is 86.5 Å². The van der Waals surface area contributed by atoms with Gasteiger partial charge in [0.05, 0.1) is 0 Å². The molecule has 0 saturated carbocycles. The van der Waals surface area contributed by atoms with E-state index in [9.17, 15) is 9.59 Å². The molecule has 0 unspecified atom stereocenters. The molecule has 100 heavy (non-hydrogen) atoms. The molecular weight excluding hydrogens is 1280 g/mol. The Balaban J connectivity index is -0.0000000186. The third-order valence-corrected chi connectivity index (χ3v) is 8.53. The number of amides is 2. The van der Waals surface area contributed by atoms with E-state index in [1.165, 1.54) is 98.4 Å². The van der Waals surface area contributed by atoms with Crippen LogP contribution in [0, 0.1) is 29.6 Å². The van der Waals surface area contributed by atoms with Crippen LogP contribution < -0.4 is 65.2 Å². The Morgan fingerprint density at radius 2 is 0.510 bits per heavy atom. The first-order valence-electron chi connectivity index (χ1n) is 31.8. The zero-order chi connectivity index (χ0) is 83.6. The Bertz CT molecular complexity index is 1150. The average molecular weight is 1460 g/mol. The number of nitrogens with zero attached hydrogens (tertiary/aromatic N) is 2. The summed E-state index contributed by atoms with van der Waals surface area (Å²) in [6.45, 7) is 73.0. The first-order valence-corrected chi connectivity index (χ1v) is 31.8. The van der Waals surface area contributed by atoms with E-state index in [4.69, 9.17) is 52.7 Å². The van der Waals surface area contributed by atoms with Crippen LogP contribution in [0.4, 0.5) is 0 Å². The molecule has 0 atom stereocenters. The highest BCUT2D eigenvalue weighted by molar-refractivity contribution is 5.75. The summed E-state index contributed by atoms with van der Waals surface area (Å²) in [5, 5.41) is 0. The van der Waals surface area contributed by atoms with Crippen molar-refractivity contribution in [2.45, 2.75) is 230 Å². The second kappa shape index (κ2) is 317. The zero-order valence-corrected chi connectivity index (χ0v) is 71.8. The highest BCUT2D eigenvalue weighted by Gasteiger charge is 2.11. The van der Waals surface area contributed by atoms with Crippen molar-refractivity contribution in [1.82, 2.24) is 40.6 Å². The van der Waals surface area contributed by atoms with Crippen LogP contribution in [0.2, 0.25) is 0 Å². The number of piperidine rings is 1. The predicted octanol–water partition coefficient (Wildman–Crippen LogP) is 14.5. The Kier molecular flexibility index (Phi) is 628. The van der Waals surface area contributed by atoms with E-state index < -0.39 is 0 Å². The van der Waals surface area contributed by atoms with Crippen LogP contribution in [0.5, 0.6) is 0 Å². The summed E-state index contributed by atoms with van der Waals surface area (Å²) in [5.74, 6) is 4.82. The van der Waals surface area contributed by atoms with E-state index in [1.54, 1.807) is 25.9 Å². The van der Waals surface area contributed by atoms with Gasteiger partial charge in [-0.15, -0.1) is 0 Å². The Morgan fingerprint density at radius 1 is 0.360 bits per heavy atom. The monoisotopic (exact) mass is 1460 g/mol. The molecule has 26 nitrogen and oxygen atoms in total. The van der Waals surface area contributed by atoms with Gasteiger partial charge in [0, 0.05) is 40.5 Å². The highest BCUT2D eigenvalue weighted by Crippen LogP contribution is 2.08. The third-order valence-electron chi connectivity index (χ3n) is 8.53. The summed E-state index contributed by atoms with van der Waals surface area (Å²) in [7, 11) is 12.6. The van der Waals surface area contributed by atoms with Crippen LogP contribution in [-0.4, -0.2) is 166 Å². The summed E-state index contributed by atoms with van der Waals surface area (Å²) in [4.78, 5) is 113. The topological polar surface area (TPSA) is 560 Å². The maximum absolute atomic E-state index is 10.7. The normalized spacial score (nSPS) is 7.16. The van der Waals surface area contributed by atoms with Gasteiger partial charge in [0.1, 0.15) is 74.7 Å². The molecule has 26 heteroatoms. The van der Waals surface area contributed by atoms with Gasteiger partial charge in [-0.05, 0) is 122 Å². The minimum absolute atomic E-state index is 0. The zero-order valence-electron chi connectivity index (χ0n) is 71.8. The summed E-state index contributed by atoms with van der Waals surface area (Å²) >= 11 is 0. The lowest BCUT2D eigenvalue weighted by atomic mass is 10.1. The maximum Gasteiger partial charge on any atom is 0.222 e. The fraction of sp³-hybridized carbons (Fsp3) is 0.662. The summed E-state index contributed by atoms with van der Waals surface area (Å²) < 4.78 is 0. The Labute approximate surface area is 622 Å². The van der Waals surface area contributed by atoms with Crippen LogP contribution in [0.3, 0.4) is 0 Å². The molecule has 0 aromatic heterocycles. The number of nitrogens with two attached hydrogens (primary N) is 6. The van der Waals surface area contributed by atoms with Gasteiger partial charge in [-0.3, -0.25) is 9.59 Å². The van der Waals surface area contributed by atoms with E-state index >= 15 is 0 Å². The first-order chi connectivity index (χ1) is 45.7. The minimum Gasteiger partial charge on any atom is -0.349 e. The molecule has 1 aliphatic rings. The molecule has 27 N–H and O–H groups in total.